The Morgan fingerprint density at radius 2 is 1.05 bits per heavy atom. The maximum absolute atomic E-state index is 12.7. The molecular weight excluding hydrogens is 344 g/mol. The Morgan fingerprint density at radius 3 is 1.23 bits per heavy atom. The normalized spacial score (nSPS) is 13.7. The summed E-state index contributed by atoms with van der Waals surface area (Å²) in [6, 6.07) is 0. The Morgan fingerprint density at radius 1 is 0.773 bits per heavy atom. The van der Waals surface area contributed by atoms with Gasteiger partial charge in [0.15, 0.2) is 0 Å². The fourth-order valence-electron chi connectivity index (χ4n) is 0.969. The zero-order chi connectivity index (χ0) is 18.1. The summed E-state index contributed by atoms with van der Waals surface area (Å²) in [7, 11) is 0. The topological polar surface area (TPSA) is 37.4 Å². The third kappa shape index (κ3) is 3.50. The van der Waals surface area contributed by atoms with E-state index in [0.717, 1.165) is 0 Å². The highest BCUT2D eigenvalue weighted by molar-refractivity contribution is 6.02. The smallest absolute Gasteiger partial charge is 0.268 e. The first-order valence-electron chi connectivity index (χ1n) is 4.88. The monoisotopic (exact) mass is 349 g/mol. The van der Waals surface area contributed by atoms with Gasteiger partial charge in [-0.1, -0.05) is 6.08 Å². The van der Waals surface area contributed by atoms with Gasteiger partial charge in [-0.25, -0.2) is 0 Å². The summed E-state index contributed by atoms with van der Waals surface area (Å²) in [4.78, 5) is 20.2. The lowest BCUT2D eigenvalue weighted by atomic mass is 10.2. The van der Waals surface area contributed by atoms with Crippen LogP contribution in [-0.4, -0.2) is 47.5 Å². The van der Waals surface area contributed by atoms with Crippen molar-refractivity contribution < 1.29 is 53.5 Å². The molecule has 3 nitrogen and oxygen atoms in total. The van der Waals surface area contributed by atoms with Gasteiger partial charge in [-0.15, -0.1) is 6.58 Å². The molecule has 0 saturated heterocycles. The van der Waals surface area contributed by atoms with Crippen molar-refractivity contribution in [2.75, 3.05) is 6.54 Å². The Bertz CT molecular complexity index is 426. The fraction of sp³-hybridized carbons (Fsp3) is 0.556. The Balaban J connectivity index is 5.83. The maximum atomic E-state index is 12.7. The number of rotatable bonds is 4. The van der Waals surface area contributed by atoms with Crippen LogP contribution in [0.2, 0.25) is 0 Å². The first-order chi connectivity index (χ1) is 9.51. The molecule has 0 unspecified atom stereocenters. The van der Waals surface area contributed by atoms with Crippen LogP contribution < -0.4 is 0 Å². The molecule has 0 aromatic heterocycles. The molecule has 0 aromatic rings. The number of halogens is 10. The van der Waals surface area contributed by atoms with Crippen LogP contribution >= 0.6 is 0 Å². The highest BCUT2D eigenvalue weighted by Gasteiger charge is 2.70. The molecule has 0 aliphatic rings. The van der Waals surface area contributed by atoms with Gasteiger partial charge in [0, 0.05) is 6.54 Å². The van der Waals surface area contributed by atoms with Crippen molar-refractivity contribution in [3.63, 3.8) is 0 Å². The zero-order valence-electron chi connectivity index (χ0n) is 10.0. The van der Waals surface area contributed by atoms with Crippen LogP contribution in [0.4, 0.5) is 43.9 Å². The summed E-state index contributed by atoms with van der Waals surface area (Å²) in [6.45, 7) is 0.942. The number of hydrogen-bond donors (Lipinski definition) is 0. The molecular formula is C9H5F10NO2. The highest BCUT2D eigenvalue weighted by atomic mass is 19.4. The minimum absolute atomic E-state index is 0.217. The first-order valence-corrected chi connectivity index (χ1v) is 4.88. The molecule has 0 aliphatic carbocycles. The molecule has 128 valence electrons. The molecule has 2 amide bonds. The molecule has 0 heterocycles. The van der Waals surface area contributed by atoms with Crippen LogP contribution in [0, 0.1) is 0 Å². The SMILES string of the molecule is C=CCN(C(=O)C(F)(F)C(F)(F)F)C(=O)C(F)(F)C(F)(F)F. The first kappa shape index (κ1) is 20.2. The second-order valence-corrected chi connectivity index (χ2v) is 3.65. The van der Waals surface area contributed by atoms with Gasteiger partial charge in [0.05, 0.1) is 0 Å². The molecule has 0 aromatic carbocycles. The second-order valence-electron chi connectivity index (χ2n) is 3.65. The lowest BCUT2D eigenvalue weighted by Crippen LogP contribution is -2.59. The van der Waals surface area contributed by atoms with Gasteiger partial charge in [-0.2, -0.15) is 43.9 Å². The zero-order valence-corrected chi connectivity index (χ0v) is 10.0. The van der Waals surface area contributed by atoms with Crippen LogP contribution in [-0.2, 0) is 9.59 Å². The number of carbonyl (C=O) groups is 2. The number of alkyl halides is 10. The van der Waals surface area contributed by atoms with Gasteiger partial charge >= 0.3 is 36.0 Å². The van der Waals surface area contributed by atoms with Crippen LogP contribution in [0.1, 0.15) is 0 Å². The van der Waals surface area contributed by atoms with Crippen molar-refractivity contribution in [2.24, 2.45) is 0 Å². The van der Waals surface area contributed by atoms with Crippen molar-refractivity contribution in [3.8, 4) is 0 Å². The summed E-state index contributed by atoms with van der Waals surface area (Å²) in [6.07, 6.45) is -13.0. The molecule has 0 rings (SSSR count). The lowest BCUT2D eigenvalue weighted by molar-refractivity contribution is -0.283. The molecule has 0 fully saturated rings. The molecule has 0 N–H and O–H groups in total. The number of carbonyl (C=O) groups excluding carboxylic acids is 2. The fourth-order valence-corrected chi connectivity index (χ4v) is 0.969. The standard InChI is InChI=1S/C9H5F10NO2/c1-2-3-20(4(21)6(10,11)8(14,15)16)5(22)7(12,13)9(17,18)19/h2H,1,3H2. The summed E-state index contributed by atoms with van der Waals surface area (Å²) in [5.74, 6) is -19.8. The molecule has 0 aliphatic heterocycles. The van der Waals surface area contributed by atoms with Crippen LogP contribution in [0.25, 0.3) is 0 Å². The molecule has 0 atom stereocenters. The van der Waals surface area contributed by atoms with E-state index in [-0.39, 0.29) is 6.08 Å². The van der Waals surface area contributed by atoms with E-state index in [4.69, 9.17) is 0 Å². The maximum Gasteiger partial charge on any atom is 0.463 e. The van der Waals surface area contributed by atoms with E-state index in [1.54, 1.807) is 0 Å². The van der Waals surface area contributed by atoms with E-state index in [9.17, 15) is 53.5 Å². The Kier molecular flexibility index (Phi) is 5.28. The van der Waals surface area contributed by atoms with Crippen LogP contribution in [0.5, 0.6) is 0 Å². The minimum atomic E-state index is -6.60. The molecule has 0 bridgehead atoms. The van der Waals surface area contributed by atoms with Gasteiger partial charge in [0.25, 0.3) is 0 Å². The molecule has 22 heavy (non-hydrogen) atoms. The Hall–Kier alpha value is -1.82. The van der Waals surface area contributed by atoms with Gasteiger partial charge in [0.2, 0.25) is 0 Å². The Labute approximate surface area is 115 Å². The van der Waals surface area contributed by atoms with Gasteiger partial charge in [-0.3, -0.25) is 14.5 Å². The summed E-state index contributed by atoms with van der Waals surface area (Å²) in [5.41, 5.74) is 0. The van der Waals surface area contributed by atoms with Crippen molar-refractivity contribution in [1.82, 2.24) is 4.90 Å². The van der Waals surface area contributed by atoms with Crippen molar-refractivity contribution >= 4 is 11.8 Å². The van der Waals surface area contributed by atoms with Crippen molar-refractivity contribution in [1.29, 1.82) is 0 Å². The van der Waals surface area contributed by atoms with E-state index in [1.165, 1.54) is 0 Å². The molecule has 0 saturated carbocycles. The van der Waals surface area contributed by atoms with Crippen LogP contribution in [0.3, 0.4) is 0 Å². The van der Waals surface area contributed by atoms with Gasteiger partial charge in [-0.05, 0) is 0 Å². The van der Waals surface area contributed by atoms with Crippen molar-refractivity contribution in [3.05, 3.63) is 12.7 Å². The molecule has 0 spiro atoms. The highest BCUT2D eigenvalue weighted by Crippen LogP contribution is 2.40. The van der Waals surface area contributed by atoms with Crippen molar-refractivity contribution in [2.45, 2.75) is 24.2 Å². The number of imide groups is 1. The van der Waals surface area contributed by atoms with Gasteiger partial charge in [0.1, 0.15) is 0 Å². The minimum Gasteiger partial charge on any atom is -0.268 e. The predicted molar refractivity (Wildman–Crippen MR) is 48.9 cm³/mol. The van der Waals surface area contributed by atoms with E-state index < -0.39 is 47.5 Å². The summed E-state index contributed by atoms with van der Waals surface area (Å²) < 4.78 is 122. The second kappa shape index (κ2) is 5.76. The van der Waals surface area contributed by atoms with E-state index in [1.807, 2.05) is 0 Å². The average Bonchev–Trinajstić information content (AvgIpc) is 2.31. The largest absolute Gasteiger partial charge is 0.463 e. The van der Waals surface area contributed by atoms with E-state index in [2.05, 4.69) is 6.58 Å². The van der Waals surface area contributed by atoms with E-state index >= 15 is 0 Å². The number of amides is 2. The lowest BCUT2D eigenvalue weighted by Gasteiger charge is -2.29. The molecule has 0 radical (unpaired) electrons. The predicted octanol–water partition coefficient (Wildman–Crippen LogP) is 2.92. The third-order valence-corrected chi connectivity index (χ3v) is 2.05. The van der Waals surface area contributed by atoms with Gasteiger partial charge < -0.3 is 0 Å². The van der Waals surface area contributed by atoms with E-state index in [0.29, 0.717) is 0 Å². The molecule has 13 heteroatoms. The quantitative estimate of drug-likeness (QED) is 0.578. The number of nitrogens with zero attached hydrogens (tertiary/aromatic N) is 1. The van der Waals surface area contributed by atoms with Crippen LogP contribution in [0.15, 0.2) is 12.7 Å². The summed E-state index contributed by atoms with van der Waals surface area (Å²) in [5, 5.41) is 0. The average molecular weight is 349 g/mol. The number of hydrogen-bond acceptors (Lipinski definition) is 2. The summed E-state index contributed by atoms with van der Waals surface area (Å²) >= 11 is 0. The third-order valence-electron chi connectivity index (χ3n) is 2.05.